The Morgan fingerprint density at radius 1 is 1.50 bits per heavy atom. The Hall–Kier alpha value is -0.620. The summed E-state index contributed by atoms with van der Waals surface area (Å²) in [6.07, 6.45) is -4.38. The molecule has 1 N–H and O–H groups in total. The van der Waals surface area contributed by atoms with Crippen molar-refractivity contribution >= 4 is 5.78 Å². The number of carbonyl (C=O) groups is 1. The number of carbonyl (C=O) groups excluding carboxylic acids is 1. The molecule has 1 aliphatic rings. The van der Waals surface area contributed by atoms with Gasteiger partial charge in [-0.15, -0.1) is 0 Å². The summed E-state index contributed by atoms with van der Waals surface area (Å²) in [7, 11) is 0. The Morgan fingerprint density at radius 3 is 2.43 bits per heavy atom. The van der Waals surface area contributed by atoms with Crippen molar-refractivity contribution in [2.45, 2.75) is 25.1 Å². The maximum atomic E-state index is 12.2. The highest BCUT2D eigenvalue weighted by Crippen LogP contribution is 2.31. The van der Waals surface area contributed by atoms with Gasteiger partial charge >= 0.3 is 6.18 Å². The molecule has 0 spiro atoms. The lowest BCUT2D eigenvalue weighted by Gasteiger charge is -2.30. The van der Waals surface area contributed by atoms with Crippen molar-refractivity contribution in [1.82, 2.24) is 4.90 Å². The van der Waals surface area contributed by atoms with Crippen LogP contribution in [0.15, 0.2) is 0 Å². The molecule has 0 radical (unpaired) electrons. The number of halogens is 3. The summed E-state index contributed by atoms with van der Waals surface area (Å²) in [5.74, 6) is -0.0806. The lowest BCUT2D eigenvalue weighted by Crippen LogP contribution is -2.50. The number of hydrogen-bond donors (Lipinski definition) is 1. The SMILES string of the molecule is CC(O)(CN1CCC(=O)C1)C(F)(F)F. The molecule has 0 aliphatic carbocycles. The second-order valence-corrected chi connectivity index (χ2v) is 3.77. The molecule has 6 heteroatoms. The molecule has 0 aromatic heterocycles. The molecule has 1 aliphatic heterocycles. The van der Waals surface area contributed by atoms with Crippen LogP contribution in [0.3, 0.4) is 0 Å². The number of hydrogen-bond acceptors (Lipinski definition) is 3. The summed E-state index contributed by atoms with van der Waals surface area (Å²) in [6, 6.07) is 0. The fraction of sp³-hybridized carbons (Fsp3) is 0.875. The van der Waals surface area contributed by atoms with E-state index in [2.05, 4.69) is 0 Å². The van der Waals surface area contributed by atoms with Crippen LogP contribution in [-0.4, -0.2) is 47.2 Å². The van der Waals surface area contributed by atoms with E-state index in [1.807, 2.05) is 0 Å². The summed E-state index contributed by atoms with van der Waals surface area (Å²) >= 11 is 0. The van der Waals surface area contributed by atoms with Crippen LogP contribution in [0.5, 0.6) is 0 Å². The van der Waals surface area contributed by atoms with Gasteiger partial charge in [-0.3, -0.25) is 9.69 Å². The first-order chi connectivity index (χ1) is 6.22. The highest BCUT2D eigenvalue weighted by atomic mass is 19.4. The van der Waals surface area contributed by atoms with Crippen LogP contribution in [0, 0.1) is 0 Å². The van der Waals surface area contributed by atoms with Crippen LogP contribution in [0.2, 0.25) is 0 Å². The maximum absolute atomic E-state index is 12.2. The van der Waals surface area contributed by atoms with E-state index < -0.39 is 18.3 Å². The van der Waals surface area contributed by atoms with Crippen molar-refractivity contribution in [3.05, 3.63) is 0 Å². The number of ketones is 1. The molecule has 1 heterocycles. The molecule has 1 unspecified atom stereocenters. The minimum absolute atomic E-state index is 0.00618. The lowest BCUT2D eigenvalue weighted by atomic mass is 10.1. The molecule has 1 rings (SSSR count). The largest absolute Gasteiger partial charge is 0.418 e. The number of rotatable bonds is 2. The third-order valence-corrected chi connectivity index (χ3v) is 2.25. The Morgan fingerprint density at radius 2 is 2.07 bits per heavy atom. The summed E-state index contributed by atoms with van der Waals surface area (Å²) in [5.41, 5.74) is -2.74. The standard InChI is InChI=1S/C8H12F3NO2/c1-7(14,8(9,10)11)5-12-3-2-6(13)4-12/h14H,2-5H2,1H3. The molecule has 0 aromatic carbocycles. The van der Waals surface area contributed by atoms with E-state index in [1.165, 1.54) is 4.90 Å². The number of aliphatic hydroxyl groups is 1. The second-order valence-electron chi connectivity index (χ2n) is 3.77. The molecule has 82 valence electrons. The molecular weight excluding hydrogens is 199 g/mol. The summed E-state index contributed by atoms with van der Waals surface area (Å²) in [6.45, 7) is 0.481. The van der Waals surface area contributed by atoms with Crippen molar-refractivity contribution in [1.29, 1.82) is 0 Å². The molecule has 0 bridgehead atoms. The predicted molar refractivity (Wildman–Crippen MR) is 42.7 cm³/mol. The van der Waals surface area contributed by atoms with Crippen LogP contribution in [0.25, 0.3) is 0 Å². The van der Waals surface area contributed by atoms with E-state index in [1.54, 1.807) is 0 Å². The molecular formula is C8H12F3NO2. The minimum atomic E-state index is -4.65. The molecule has 0 saturated carbocycles. The van der Waals surface area contributed by atoms with Crippen LogP contribution < -0.4 is 0 Å². The second kappa shape index (κ2) is 3.51. The molecule has 0 aromatic rings. The zero-order chi connectivity index (χ0) is 11.0. The maximum Gasteiger partial charge on any atom is 0.418 e. The normalized spacial score (nSPS) is 23.9. The third-order valence-electron chi connectivity index (χ3n) is 2.25. The quantitative estimate of drug-likeness (QED) is 0.726. The lowest BCUT2D eigenvalue weighted by molar-refractivity contribution is -0.256. The minimum Gasteiger partial charge on any atom is -0.380 e. The summed E-state index contributed by atoms with van der Waals surface area (Å²) in [5, 5.41) is 9.12. The molecule has 1 fully saturated rings. The molecule has 1 saturated heterocycles. The van der Waals surface area contributed by atoms with Crippen LogP contribution >= 0.6 is 0 Å². The number of β-amino-alcohol motifs (C(OH)–C–C–N with tert-alkyl or cyclic N) is 1. The van der Waals surface area contributed by atoms with Gasteiger partial charge < -0.3 is 5.11 Å². The van der Waals surface area contributed by atoms with Crippen LogP contribution in [-0.2, 0) is 4.79 Å². The van der Waals surface area contributed by atoms with Gasteiger partial charge in [-0.25, -0.2) is 0 Å². The number of Topliss-reactive ketones (excluding diaryl/α,β-unsaturated/α-hetero) is 1. The number of nitrogens with zero attached hydrogens (tertiary/aromatic N) is 1. The van der Waals surface area contributed by atoms with Crippen molar-refractivity contribution < 1.29 is 23.1 Å². The van der Waals surface area contributed by atoms with E-state index in [-0.39, 0.29) is 18.7 Å². The van der Waals surface area contributed by atoms with E-state index in [0.29, 0.717) is 6.54 Å². The first-order valence-corrected chi connectivity index (χ1v) is 4.25. The summed E-state index contributed by atoms with van der Waals surface area (Å²) < 4.78 is 36.7. The fourth-order valence-corrected chi connectivity index (χ4v) is 1.35. The van der Waals surface area contributed by atoms with Gasteiger partial charge in [0, 0.05) is 19.5 Å². The Bertz CT molecular complexity index is 237. The van der Waals surface area contributed by atoms with Gasteiger partial charge in [-0.1, -0.05) is 0 Å². The van der Waals surface area contributed by atoms with Crippen molar-refractivity contribution in [3.8, 4) is 0 Å². The van der Waals surface area contributed by atoms with Gasteiger partial charge in [0.25, 0.3) is 0 Å². The van der Waals surface area contributed by atoms with Gasteiger partial charge in [-0.05, 0) is 6.92 Å². The molecule has 3 nitrogen and oxygen atoms in total. The van der Waals surface area contributed by atoms with Crippen LogP contribution in [0.1, 0.15) is 13.3 Å². The average Bonchev–Trinajstić information content (AvgIpc) is 2.31. The first kappa shape index (κ1) is 11.5. The van der Waals surface area contributed by atoms with E-state index in [9.17, 15) is 18.0 Å². The van der Waals surface area contributed by atoms with Gasteiger partial charge in [0.05, 0.1) is 6.54 Å². The van der Waals surface area contributed by atoms with Gasteiger partial charge in [0.15, 0.2) is 5.60 Å². The number of alkyl halides is 3. The van der Waals surface area contributed by atoms with Gasteiger partial charge in [0.1, 0.15) is 5.78 Å². The first-order valence-electron chi connectivity index (χ1n) is 4.25. The topological polar surface area (TPSA) is 40.5 Å². The zero-order valence-corrected chi connectivity index (χ0v) is 7.76. The van der Waals surface area contributed by atoms with Gasteiger partial charge in [-0.2, -0.15) is 13.2 Å². The molecule has 14 heavy (non-hydrogen) atoms. The van der Waals surface area contributed by atoms with E-state index in [0.717, 1.165) is 6.92 Å². The van der Waals surface area contributed by atoms with Crippen molar-refractivity contribution in [3.63, 3.8) is 0 Å². The predicted octanol–water partition coefficient (Wildman–Crippen LogP) is 0.575. The smallest absolute Gasteiger partial charge is 0.380 e. The highest BCUT2D eigenvalue weighted by Gasteiger charge is 2.51. The van der Waals surface area contributed by atoms with Gasteiger partial charge in [0.2, 0.25) is 0 Å². The Labute approximate surface area is 79.5 Å². The Kier molecular flexibility index (Phi) is 2.87. The Balaban J connectivity index is 2.55. The molecule has 0 amide bonds. The highest BCUT2D eigenvalue weighted by molar-refractivity contribution is 5.82. The van der Waals surface area contributed by atoms with Crippen LogP contribution in [0.4, 0.5) is 13.2 Å². The number of likely N-dealkylation sites (tertiary alicyclic amines) is 1. The summed E-state index contributed by atoms with van der Waals surface area (Å²) in [4.78, 5) is 12.1. The van der Waals surface area contributed by atoms with Crippen molar-refractivity contribution in [2.24, 2.45) is 0 Å². The molecule has 1 atom stereocenters. The van der Waals surface area contributed by atoms with E-state index >= 15 is 0 Å². The van der Waals surface area contributed by atoms with E-state index in [4.69, 9.17) is 5.11 Å². The zero-order valence-electron chi connectivity index (χ0n) is 7.76. The van der Waals surface area contributed by atoms with Crippen molar-refractivity contribution in [2.75, 3.05) is 19.6 Å². The monoisotopic (exact) mass is 211 g/mol. The average molecular weight is 211 g/mol. The third kappa shape index (κ3) is 2.45. The fourth-order valence-electron chi connectivity index (χ4n) is 1.35.